The third-order valence-electron chi connectivity index (χ3n) is 5.73. The Morgan fingerprint density at radius 2 is 0.909 bits per heavy atom. The van der Waals surface area contributed by atoms with Crippen molar-refractivity contribution in [1.82, 2.24) is 4.98 Å². The summed E-state index contributed by atoms with van der Waals surface area (Å²) in [7, 11) is 0. The van der Waals surface area contributed by atoms with Gasteiger partial charge in [-0.25, -0.2) is 4.98 Å². The van der Waals surface area contributed by atoms with E-state index in [0.29, 0.717) is 0 Å². The molecule has 1 heterocycles. The molecule has 2 aromatic carbocycles. The van der Waals surface area contributed by atoms with Crippen molar-refractivity contribution in [3.63, 3.8) is 0 Å². The molecule has 0 aliphatic rings. The molecular formula is C29H36ClN3. The van der Waals surface area contributed by atoms with E-state index in [9.17, 15) is 0 Å². The van der Waals surface area contributed by atoms with Gasteiger partial charge in [0.15, 0.2) is 0 Å². The first-order chi connectivity index (χ1) is 15.7. The van der Waals surface area contributed by atoms with Crippen LogP contribution in [-0.2, 0) is 0 Å². The highest BCUT2D eigenvalue weighted by molar-refractivity contribution is 5.85. The molecule has 0 unspecified atom stereocenters. The predicted molar refractivity (Wildman–Crippen MR) is 149 cm³/mol. The van der Waals surface area contributed by atoms with E-state index in [-0.39, 0.29) is 12.4 Å². The molecule has 0 spiro atoms. The number of halogens is 1. The second-order valence-electron chi connectivity index (χ2n) is 7.68. The van der Waals surface area contributed by atoms with E-state index in [1.54, 1.807) is 0 Å². The summed E-state index contributed by atoms with van der Waals surface area (Å²) in [5.41, 5.74) is 6.80. The van der Waals surface area contributed by atoms with Gasteiger partial charge in [-0.2, -0.15) is 0 Å². The molecular weight excluding hydrogens is 426 g/mol. The van der Waals surface area contributed by atoms with Crippen molar-refractivity contribution in [3.05, 3.63) is 89.2 Å². The summed E-state index contributed by atoms with van der Waals surface area (Å²) in [6, 6.07) is 23.5. The van der Waals surface area contributed by atoms with Crippen LogP contribution in [-0.4, -0.2) is 31.2 Å². The Bertz CT molecular complexity index is 935. The van der Waals surface area contributed by atoms with Crippen molar-refractivity contribution < 1.29 is 0 Å². The minimum atomic E-state index is 0. The Kier molecular flexibility index (Phi) is 10.7. The first-order valence-electron chi connectivity index (χ1n) is 11.7. The smallest absolute Gasteiger partial charge is 0.0637 e. The van der Waals surface area contributed by atoms with E-state index in [2.05, 4.69) is 116 Å². The van der Waals surface area contributed by atoms with Gasteiger partial charge in [-0.15, -0.1) is 12.4 Å². The van der Waals surface area contributed by atoms with E-state index in [0.717, 1.165) is 37.6 Å². The maximum Gasteiger partial charge on any atom is 0.0637 e. The van der Waals surface area contributed by atoms with Crippen molar-refractivity contribution >= 4 is 48.1 Å². The summed E-state index contributed by atoms with van der Waals surface area (Å²) in [6.07, 6.45) is 8.38. The standard InChI is InChI=1S/C29H35N3.ClH/c1-5-31(6-2)28-20-14-24(15-21-28)12-18-26-10-9-11-27(30-26)19-13-25-16-22-29(23-17-25)32(7-3)8-4;/h9-23H,5-8H2,1-4H3;1H/b18-12+,19-13?;. The Morgan fingerprint density at radius 1 is 0.545 bits per heavy atom. The molecule has 0 atom stereocenters. The molecule has 33 heavy (non-hydrogen) atoms. The molecule has 174 valence electrons. The van der Waals surface area contributed by atoms with Gasteiger partial charge >= 0.3 is 0 Å². The SMILES string of the molecule is CCN(CC)c1ccc(C=Cc2cccc(/C=C/c3ccc(N(CC)CC)cc3)n2)cc1.Cl. The quantitative estimate of drug-likeness (QED) is 0.311. The minimum Gasteiger partial charge on any atom is -0.372 e. The molecule has 0 saturated carbocycles. The van der Waals surface area contributed by atoms with Crippen LogP contribution in [0.2, 0.25) is 0 Å². The van der Waals surface area contributed by atoms with Crippen molar-refractivity contribution in [2.45, 2.75) is 27.7 Å². The molecule has 0 N–H and O–H groups in total. The molecule has 3 nitrogen and oxygen atoms in total. The predicted octanol–water partition coefficient (Wildman–Crippen LogP) is 7.54. The first kappa shape index (κ1) is 26.2. The minimum absolute atomic E-state index is 0. The number of anilines is 2. The lowest BCUT2D eigenvalue weighted by atomic mass is 10.1. The Balaban J connectivity index is 0.00000385. The van der Waals surface area contributed by atoms with Gasteiger partial charge in [0, 0.05) is 37.6 Å². The lowest BCUT2D eigenvalue weighted by Gasteiger charge is -2.20. The molecule has 0 aliphatic heterocycles. The summed E-state index contributed by atoms with van der Waals surface area (Å²) in [6.45, 7) is 12.8. The van der Waals surface area contributed by atoms with Crippen molar-refractivity contribution in [2.75, 3.05) is 36.0 Å². The topological polar surface area (TPSA) is 19.4 Å². The van der Waals surface area contributed by atoms with Crippen LogP contribution in [0, 0.1) is 0 Å². The van der Waals surface area contributed by atoms with Crippen LogP contribution in [0.4, 0.5) is 11.4 Å². The van der Waals surface area contributed by atoms with E-state index >= 15 is 0 Å². The van der Waals surface area contributed by atoms with E-state index in [4.69, 9.17) is 4.98 Å². The van der Waals surface area contributed by atoms with Gasteiger partial charge in [0.25, 0.3) is 0 Å². The number of hydrogen-bond donors (Lipinski definition) is 0. The molecule has 0 saturated heterocycles. The number of benzene rings is 2. The summed E-state index contributed by atoms with van der Waals surface area (Å²) < 4.78 is 0. The number of aromatic nitrogens is 1. The van der Waals surface area contributed by atoms with Crippen LogP contribution in [0.1, 0.15) is 50.2 Å². The van der Waals surface area contributed by atoms with Crippen LogP contribution < -0.4 is 9.80 Å². The molecule has 0 radical (unpaired) electrons. The zero-order valence-electron chi connectivity index (χ0n) is 20.2. The maximum atomic E-state index is 4.76. The van der Waals surface area contributed by atoms with Crippen LogP contribution >= 0.6 is 12.4 Å². The molecule has 3 rings (SSSR count). The highest BCUT2D eigenvalue weighted by Crippen LogP contribution is 2.18. The summed E-state index contributed by atoms with van der Waals surface area (Å²) in [4.78, 5) is 9.46. The van der Waals surface area contributed by atoms with E-state index in [1.807, 2.05) is 12.1 Å². The van der Waals surface area contributed by atoms with Gasteiger partial charge in [0.1, 0.15) is 0 Å². The Hall–Kier alpha value is -3.04. The Morgan fingerprint density at radius 3 is 1.24 bits per heavy atom. The van der Waals surface area contributed by atoms with Crippen molar-refractivity contribution in [3.8, 4) is 0 Å². The summed E-state index contributed by atoms with van der Waals surface area (Å²) >= 11 is 0. The van der Waals surface area contributed by atoms with Crippen molar-refractivity contribution in [2.24, 2.45) is 0 Å². The lowest BCUT2D eigenvalue weighted by molar-refractivity contribution is 0.866. The zero-order valence-corrected chi connectivity index (χ0v) is 21.1. The third kappa shape index (κ3) is 7.50. The molecule has 0 aliphatic carbocycles. The number of rotatable bonds is 10. The van der Waals surface area contributed by atoms with Gasteiger partial charge in [0.2, 0.25) is 0 Å². The van der Waals surface area contributed by atoms with E-state index < -0.39 is 0 Å². The largest absolute Gasteiger partial charge is 0.372 e. The molecule has 0 fully saturated rings. The number of nitrogens with zero attached hydrogens (tertiary/aromatic N) is 3. The number of hydrogen-bond acceptors (Lipinski definition) is 3. The summed E-state index contributed by atoms with van der Waals surface area (Å²) in [5.74, 6) is 0. The lowest BCUT2D eigenvalue weighted by Crippen LogP contribution is -2.21. The van der Waals surface area contributed by atoms with Gasteiger partial charge < -0.3 is 9.80 Å². The summed E-state index contributed by atoms with van der Waals surface area (Å²) in [5, 5.41) is 0. The fourth-order valence-corrected chi connectivity index (χ4v) is 3.79. The Labute approximate surface area is 205 Å². The van der Waals surface area contributed by atoms with Crippen LogP contribution in [0.25, 0.3) is 24.3 Å². The molecule has 1 aromatic heterocycles. The average Bonchev–Trinajstić information content (AvgIpc) is 2.85. The normalized spacial score (nSPS) is 11.0. The average molecular weight is 462 g/mol. The monoisotopic (exact) mass is 461 g/mol. The van der Waals surface area contributed by atoms with Gasteiger partial charge in [-0.3, -0.25) is 0 Å². The molecule has 3 aromatic rings. The van der Waals surface area contributed by atoms with Gasteiger partial charge in [-0.1, -0.05) is 42.5 Å². The van der Waals surface area contributed by atoms with Gasteiger partial charge in [-0.05, 0) is 87.4 Å². The second-order valence-corrected chi connectivity index (χ2v) is 7.68. The van der Waals surface area contributed by atoms with Crippen LogP contribution in [0.5, 0.6) is 0 Å². The van der Waals surface area contributed by atoms with Gasteiger partial charge in [0.05, 0.1) is 11.4 Å². The third-order valence-corrected chi connectivity index (χ3v) is 5.73. The fourth-order valence-electron chi connectivity index (χ4n) is 3.79. The highest BCUT2D eigenvalue weighted by Gasteiger charge is 2.01. The molecule has 0 amide bonds. The maximum absolute atomic E-state index is 4.76. The highest BCUT2D eigenvalue weighted by atomic mass is 35.5. The molecule has 0 bridgehead atoms. The van der Waals surface area contributed by atoms with Crippen LogP contribution in [0.3, 0.4) is 0 Å². The zero-order chi connectivity index (χ0) is 22.8. The second kappa shape index (κ2) is 13.5. The van der Waals surface area contributed by atoms with Crippen molar-refractivity contribution in [1.29, 1.82) is 0 Å². The number of pyridine rings is 1. The first-order valence-corrected chi connectivity index (χ1v) is 11.7. The molecule has 4 heteroatoms. The van der Waals surface area contributed by atoms with E-state index in [1.165, 1.54) is 22.5 Å². The van der Waals surface area contributed by atoms with Crippen LogP contribution in [0.15, 0.2) is 66.7 Å². The fraction of sp³-hybridized carbons (Fsp3) is 0.276.